The van der Waals surface area contributed by atoms with E-state index in [1.807, 2.05) is 12.2 Å². The molecule has 0 aliphatic carbocycles. The average molecular weight is 251 g/mol. The van der Waals surface area contributed by atoms with Gasteiger partial charge in [0.05, 0.1) is 6.26 Å². The van der Waals surface area contributed by atoms with Crippen LogP contribution in [0.2, 0.25) is 0 Å². The van der Waals surface area contributed by atoms with Crippen LogP contribution in [0.3, 0.4) is 0 Å². The van der Waals surface area contributed by atoms with Crippen LogP contribution in [0.15, 0.2) is 24.5 Å². The molecule has 0 bridgehead atoms. The molecule has 1 rings (SSSR count). The molecule has 1 aliphatic rings. The van der Waals surface area contributed by atoms with Crippen molar-refractivity contribution in [1.82, 2.24) is 0 Å². The summed E-state index contributed by atoms with van der Waals surface area (Å²) >= 11 is 0. The topological polar surface area (TPSA) is 9.23 Å². The van der Waals surface area contributed by atoms with Crippen molar-refractivity contribution in [2.75, 3.05) is 0 Å². The molecule has 1 heterocycles. The van der Waals surface area contributed by atoms with E-state index in [2.05, 4.69) is 13.0 Å². The van der Waals surface area contributed by atoms with Crippen molar-refractivity contribution >= 4 is 0 Å². The molecule has 2 atom stereocenters. The summed E-state index contributed by atoms with van der Waals surface area (Å²) in [7, 11) is 0. The summed E-state index contributed by atoms with van der Waals surface area (Å²) in [5, 5.41) is 0. The molecule has 0 saturated carbocycles. The van der Waals surface area contributed by atoms with Crippen LogP contribution in [-0.2, 0) is 4.74 Å². The lowest BCUT2D eigenvalue weighted by atomic mass is 10.0. The molecule has 0 aromatic rings. The molecular weight excluding hydrogens is 220 g/mol. The number of hydrogen-bond acceptors (Lipinski definition) is 1. The van der Waals surface area contributed by atoms with Crippen LogP contribution in [0.1, 0.15) is 78.9 Å². The highest BCUT2D eigenvalue weighted by atomic mass is 16.5. The molecule has 1 nitrogen and oxygen atoms in total. The average Bonchev–Trinajstić information content (AvgIpc) is 2.43. The Labute approximate surface area is 115 Å². The van der Waals surface area contributed by atoms with Crippen LogP contribution in [0.4, 0.5) is 0 Å². The highest BCUT2D eigenvalue weighted by molar-refractivity contribution is 5.07. The van der Waals surface area contributed by atoms with Gasteiger partial charge in [-0.1, -0.05) is 70.8 Å². The summed E-state index contributed by atoms with van der Waals surface area (Å²) in [6.07, 6.45) is 20.4. The summed E-state index contributed by atoms with van der Waals surface area (Å²) in [5.74, 6) is 0. The Bertz CT molecular complexity index is 260. The van der Waals surface area contributed by atoms with Crippen LogP contribution in [0, 0.1) is 0 Å². The number of rotatable bonds is 11. The second-order valence-corrected chi connectivity index (χ2v) is 5.18. The van der Waals surface area contributed by atoms with Crippen molar-refractivity contribution in [3.63, 3.8) is 0 Å². The first-order valence-corrected chi connectivity index (χ1v) is 7.74. The van der Waals surface area contributed by atoms with E-state index in [4.69, 9.17) is 6.11 Å². The highest BCUT2D eigenvalue weighted by Gasteiger charge is 2.04. The molecule has 0 fully saturated rings. The maximum Gasteiger partial charge on any atom is 0.116 e. The molecule has 0 N–H and O–H groups in total. The van der Waals surface area contributed by atoms with E-state index in [9.17, 15) is 0 Å². The fourth-order valence-corrected chi connectivity index (χ4v) is 2.26. The lowest BCUT2D eigenvalue weighted by molar-refractivity contribution is 0.170. The van der Waals surface area contributed by atoms with Gasteiger partial charge < -0.3 is 4.74 Å². The summed E-state index contributed by atoms with van der Waals surface area (Å²) in [5.41, 5.74) is 0. The Morgan fingerprint density at radius 1 is 0.944 bits per heavy atom. The van der Waals surface area contributed by atoms with Gasteiger partial charge in [0.1, 0.15) is 6.10 Å². The third kappa shape index (κ3) is 8.38. The molecule has 104 valence electrons. The van der Waals surface area contributed by atoms with E-state index < -0.39 is 0 Å². The van der Waals surface area contributed by atoms with E-state index in [0.29, 0.717) is 0 Å². The van der Waals surface area contributed by atoms with E-state index in [-0.39, 0.29) is 12.5 Å². The van der Waals surface area contributed by atoms with Crippen LogP contribution in [-0.4, -0.2) is 6.10 Å². The van der Waals surface area contributed by atoms with Crippen molar-refractivity contribution in [2.24, 2.45) is 0 Å². The van der Waals surface area contributed by atoms with Crippen molar-refractivity contribution in [3.05, 3.63) is 24.5 Å². The molecule has 0 spiro atoms. The first-order valence-electron chi connectivity index (χ1n) is 8.31. The Morgan fingerprint density at radius 2 is 1.61 bits per heavy atom. The molecule has 1 aliphatic heterocycles. The number of allylic oxidation sites excluding steroid dienone is 2. The van der Waals surface area contributed by atoms with Crippen LogP contribution < -0.4 is 0 Å². The fraction of sp³-hybridized carbons (Fsp3) is 0.765. The molecule has 0 aromatic carbocycles. The third-order valence-corrected chi connectivity index (χ3v) is 3.43. The van der Waals surface area contributed by atoms with Gasteiger partial charge in [-0.05, 0) is 25.0 Å². The highest BCUT2D eigenvalue weighted by Crippen LogP contribution is 2.14. The molecule has 2 unspecified atom stereocenters. The Balaban J connectivity index is 1.88. The standard InChI is InChI=1S/C17H30O/c1-2-3-4-5-6-7-8-9-10-11-14-17-15-12-13-16-18-17/h12-13,15-17H,2-11,14H2,1H3/i11D. The Kier molecular flexibility index (Phi) is 8.66. The van der Waals surface area contributed by atoms with Crippen molar-refractivity contribution < 1.29 is 6.11 Å². The van der Waals surface area contributed by atoms with Gasteiger partial charge in [-0.25, -0.2) is 0 Å². The van der Waals surface area contributed by atoms with Crippen LogP contribution >= 0.6 is 0 Å². The van der Waals surface area contributed by atoms with Gasteiger partial charge in [0, 0.05) is 1.37 Å². The lowest BCUT2D eigenvalue weighted by Gasteiger charge is -2.14. The summed E-state index contributed by atoms with van der Waals surface area (Å²) in [4.78, 5) is 0. The van der Waals surface area contributed by atoms with Gasteiger partial charge in [-0.3, -0.25) is 0 Å². The van der Waals surface area contributed by atoms with E-state index >= 15 is 0 Å². The third-order valence-electron chi connectivity index (χ3n) is 3.43. The Morgan fingerprint density at radius 3 is 2.22 bits per heavy atom. The van der Waals surface area contributed by atoms with Gasteiger partial charge in [-0.15, -0.1) is 0 Å². The maximum absolute atomic E-state index is 8.04. The minimum Gasteiger partial charge on any atom is -0.494 e. The second-order valence-electron chi connectivity index (χ2n) is 5.18. The zero-order valence-corrected chi connectivity index (χ0v) is 11.9. The van der Waals surface area contributed by atoms with Crippen molar-refractivity contribution in [1.29, 1.82) is 0 Å². The first-order chi connectivity index (χ1) is 9.33. The van der Waals surface area contributed by atoms with E-state index in [1.165, 1.54) is 51.4 Å². The summed E-state index contributed by atoms with van der Waals surface area (Å²) in [6, 6.07) is 0. The minimum absolute atomic E-state index is 0.0289. The van der Waals surface area contributed by atoms with Crippen LogP contribution in [0.25, 0.3) is 0 Å². The van der Waals surface area contributed by atoms with Crippen molar-refractivity contribution in [3.8, 4) is 0 Å². The number of ether oxygens (including phenoxy) is 1. The molecule has 0 radical (unpaired) electrons. The van der Waals surface area contributed by atoms with Gasteiger partial charge >= 0.3 is 0 Å². The van der Waals surface area contributed by atoms with Crippen molar-refractivity contribution in [2.45, 2.75) is 83.6 Å². The minimum atomic E-state index is 0.0289. The summed E-state index contributed by atoms with van der Waals surface area (Å²) in [6.45, 7) is 2.26. The monoisotopic (exact) mass is 251 g/mol. The quantitative estimate of drug-likeness (QED) is 0.424. The number of unbranched alkanes of at least 4 members (excludes halogenated alkanes) is 7. The SMILES string of the molecule is [2H]C(CCCCCCCCCC)CC1C=CC=CO1. The molecule has 18 heavy (non-hydrogen) atoms. The van der Waals surface area contributed by atoms with E-state index in [1.54, 1.807) is 6.26 Å². The predicted molar refractivity (Wildman–Crippen MR) is 79.6 cm³/mol. The number of hydrogen-bond donors (Lipinski definition) is 0. The molecular formula is C17H30O. The van der Waals surface area contributed by atoms with Gasteiger partial charge in [-0.2, -0.15) is 0 Å². The second kappa shape index (κ2) is 11.4. The van der Waals surface area contributed by atoms with E-state index in [0.717, 1.165) is 12.8 Å². The first kappa shape index (κ1) is 13.7. The van der Waals surface area contributed by atoms with Gasteiger partial charge in [0.25, 0.3) is 0 Å². The van der Waals surface area contributed by atoms with Gasteiger partial charge in [0.15, 0.2) is 0 Å². The molecule has 0 saturated heterocycles. The predicted octanol–water partition coefficient (Wildman–Crippen LogP) is 5.77. The zero-order valence-electron chi connectivity index (χ0n) is 12.9. The normalized spacial score (nSPS) is 20.5. The fourth-order valence-electron chi connectivity index (χ4n) is 2.26. The lowest BCUT2D eigenvalue weighted by Crippen LogP contribution is -2.07. The Hall–Kier alpha value is -0.720. The smallest absolute Gasteiger partial charge is 0.116 e. The zero-order chi connectivity index (χ0) is 13.8. The summed E-state index contributed by atoms with van der Waals surface area (Å²) < 4.78 is 13.5. The molecule has 0 amide bonds. The van der Waals surface area contributed by atoms with Crippen LogP contribution in [0.5, 0.6) is 0 Å². The molecule has 0 aromatic heterocycles. The van der Waals surface area contributed by atoms with Gasteiger partial charge in [0.2, 0.25) is 0 Å². The maximum atomic E-state index is 8.04. The largest absolute Gasteiger partial charge is 0.494 e. The molecule has 1 heteroatoms.